The molecular formula is C19H30N4O3S2. The Balaban J connectivity index is 1.55. The largest absolute Gasteiger partial charge is 0.370 e. The van der Waals surface area contributed by atoms with Crippen molar-refractivity contribution in [1.82, 2.24) is 14.5 Å². The summed E-state index contributed by atoms with van der Waals surface area (Å²) in [4.78, 5) is 6.50. The van der Waals surface area contributed by atoms with Crippen LogP contribution in [0.1, 0.15) is 17.2 Å². The van der Waals surface area contributed by atoms with Crippen LogP contribution in [0.15, 0.2) is 29.3 Å². The fraction of sp³-hybridized carbons (Fsp3) is 0.632. The molecule has 1 atom stereocenters. The number of nitrogens with zero attached hydrogens (tertiary/aromatic N) is 3. The molecular weight excluding hydrogens is 396 g/mol. The van der Waals surface area contributed by atoms with Gasteiger partial charge in [0.1, 0.15) is 6.10 Å². The lowest BCUT2D eigenvalue weighted by atomic mass is 10.0. The molecule has 156 valence electrons. The molecule has 2 saturated heterocycles. The Labute approximate surface area is 172 Å². The van der Waals surface area contributed by atoms with E-state index in [2.05, 4.69) is 34.3 Å². The van der Waals surface area contributed by atoms with E-state index in [0.717, 1.165) is 24.0 Å². The van der Waals surface area contributed by atoms with Crippen molar-refractivity contribution in [3.63, 3.8) is 0 Å². The number of benzene rings is 1. The van der Waals surface area contributed by atoms with Gasteiger partial charge < -0.3 is 15.0 Å². The fourth-order valence-corrected chi connectivity index (χ4v) is 6.05. The van der Waals surface area contributed by atoms with Crippen LogP contribution in [0.3, 0.4) is 0 Å². The van der Waals surface area contributed by atoms with E-state index in [-0.39, 0.29) is 11.9 Å². The lowest BCUT2D eigenvalue weighted by Crippen LogP contribution is -2.49. The zero-order chi connectivity index (χ0) is 20.0. The minimum Gasteiger partial charge on any atom is -0.370 e. The van der Waals surface area contributed by atoms with Gasteiger partial charge in [-0.25, -0.2) is 12.7 Å². The number of aryl methyl sites for hydroxylation is 1. The van der Waals surface area contributed by atoms with Crippen molar-refractivity contribution in [1.29, 1.82) is 0 Å². The average Bonchev–Trinajstić information content (AvgIpc) is 2.72. The van der Waals surface area contributed by atoms with Crippen molar-refractivity contribution < 1.29 is 13.2 Å². The molecule has 0 radical (unpaired) electrons. The molecule has 2 aliphatic rings. The van der Waals surface area contributed by atoms with Crippen molar-refractivity contribution in [2.75, 3.05) is 63.6 Å². The molecule has 0 aromatic heterocycles. The zero-order valence-corrected chi connectivity index (χ0v) is 18.3. The van der Waals surface area contributed by atoms with E-state index in [1.165, 1.54) is 11.1 Å². The third kappa shape index (κ3) is 5.40. The minimum atomic E-state index is -3.22. The van der Waals surface area contributed by atoms with E-state index in [9.17, 15) is 8.42 Å². The lowest BCUT2D eigenvalue weighted by molar-refractivity contribution is -0.00827. The number of hydrogen-bond donors (Lipinski definition) is 1. The molecule has 0 aliphatic carbocycles. The second-order valence-electron chi connectivity index (χ2n) is 6.96. The summed E-state index contributed by atoms with van der Waals surface area (Å²) < 4.78 is 32.6. The quantitative estimate of drug-likeness (QED) is 0.566. The molecule has 1 aromatic rings. The normalized spacial score (nSPS) is 22.3. The summed E-state index contributed by atoms with van der Waals surface area (Å²) >= 11 is 1.81. The summed E-state index contributed by atoms with van der Waals surface area (Å²) in [5.41, 5.74) is 2.40. The topological polar surface area (TPSA) is 74.2 Å². The molecule has 2 fully saturated rings. The van der Waals surface area contributed by atoms with E-state index < -0.39 is 10.0 Å². The molecule has 3 rings (SSSR count). The Bertz CT molecular complexity index is 779. The molecule has 1 N–H and O–H groups in total. The van der Waals surface area contributed by atoms with Crippen molar-refractivity contribution in [3.05, 3.63) is 35.4 Å². The molecule has 9 heteroatoms. The van der Waals surface area contributed by atoms with Crippen molar-refractivity contribution in [2.24, 2.45) is 4.99 Å². The maximum absolute atomic E-state index is 12.5. The molecule has 2 aliphatic heterocycles. The monoisotopic (exact) mass is 426 g/mol. The average molecular weight is 427 g/mol. The van der Waals surface area contributed by atoms with Crippen LogP contribution in [-0.4, -0.2) is 87.2 Å². The van der Waals surface area contributed by atoms with E-state index in [4.69, 9.17) is 4.74 Å². The maximum atomic E-state index is 12.5. The highest BCUT2D eigenvalue weighted by Crippen LogP contribution is 2.25. The van der Waals surface area contributed by atoms with Gasteiger partial charge in [0.25, 0.3) is 0 Å². The standard InChI is InChI=1S/C19H30N4O3S2/c1-16-5-3-4-6-17(16)18-15-22(8-11-26-18)19(20-2)21-7-14-28(24,25)23-9-12-27-13-10-23/h3-6,18H,7-15H2,1-2H3,(H,20,21). The van der Waals surface area contributed by atoms with Gasteiger partial charge in [-0.05, 0) is 18.1 Å². The number of guanidine groups is 1. The predicted octanol–water partition coefficient (Wildman–Crippen LogP) is 1.32. The molecule has 2 heterocycles. The Kier molecular flexibility index (Phi) is 7.62. The Hall–Kier alpha value is -1.29. The molecule has 1 aromatic carbocycles. The number of aliphatic imine (C=N–C) groups is 1. The Morgan fingerprint density at radius 1 is 1.29 bits per heavy atom. The van der Waals surface area contributed by atoms with Gasteiger partial charge >= 0.3 is 0 Å². The van der Waals surface area contributed by atoms with Crippen molar-refractivity contribution >= 4 is 27.7 Å². The van der Waals surface area contributed by atoms with Crippen LogP contribution >= 0.6 is 11.8 Å². The first-order valence-electron chi connectivity index (χ1n) is 9.69. The fourth-order valence-electron chi connectivity index (χ4n) is 3.56. The second-order valence-corrected chi connectivity index (χ2v) is 10.3. The van der Waals surface area contributed by atoms with Gasteiger partial charge in [0.2, 0.25) is 10.0 Å². The molecule has 0 amide bonds. The molecule has 0 bridgehead atoms. The third-order valence-corrected chi connectivity index (χ3v) is 7.93. The summed E-state index contributed by atoms with van der Waals surface area (Å²) in [5, 5.41) is 3.23. The first-order valence-corrected chi connectivity index (χ1v) is 12.5. The first kappa shape index (κ1) is 21.4. The van der Waals surface area contributed by atoms with Gasteiger partial charge in [-0.15, -0.1) is 0 Å². The second kappa shape index (κ2) is 9.96. The summed E-state index contributed by atoms with van der Waals surface area (Å²) in [5.74, 6) is 2.57. The van der Waals surface area contributed by atoms with Crippen LogP contribution in [0, 0.1) is 6.92 Å². The Morgan fingerprint density at radius 3 is 2.75 bits per heavy atom. The smallest absolute Gasteiger partial charge is 0.215 e. The van der Waals surface area contributed by atoms with E-state index in [1.54, 1.807) is 23.1 Å². The number of sulfonamides is 1. The summed E-state index contributed by atoms with van der Waals surface area (Å²) in [6.45, 7) is 5.72. The lowest BCUT2D eigenvalue weighted by Gasteiger charge is -2.36. The highest BCUT2D eigenvalue weighted by Gasteiger charge is 2.26. The van der Waals surface area contributed by atoms with Crippen LogP contribution in [0.25, 0.3) is 0 Å². The van der Waals surface area contributed by atoms with Gasteiger partial charge in [-0.3, -0.25) is 4.99 Å². The SMILES string of the molecule is CN=C(NCCS(=O)(=O)N1CCSCC1)N1CCOC(c2ccccc2C)C1. The van der Waals surface area contributed by atoms with Crippen LogP contribution < -0.4 is 5.32 Å². The molecule has 28 heavy (non-hydrogen) atoms. The van der Waals surface area contributed by atoms with Gasteiger partial charge in [-0.1, -0.05) is 24.3 Å². The summed E-state index contributed by atoms with van der Waals surface area (Å²) in [6, 6.07) is 8.25. The van der Waals surface area contributed by atoms with Crippen LogP contribution in [0.2, 0.25) is 0 Å². The molecule has 0 spiro atoms. The summed E-state index contributed by atoms with van der Waals surface area (Å²) in [7, 11) is -1.48. The highest BCUT2D eigenvalue weighted by molar-refractivity contribution is 7.99. The van der Waals surface area contributed by atoms with Crippen LogP contribution in [0.5, 0.6) is 0 Å². The number of ether oxygens (including phenoxy) is 1. The van der Waals surface area contributed by atoms with Crippen LogP contribution in [-0.2, 0) is 14.8 Å². The number of morpholine rings is 1. The minimum absolute atomic E-state index is 0.0110. The van der Waals surface area contributed by atoms with E-state index >= 15 is 0 Å². The number of hydrogen-bond acceptors (Lipinski definition) is 5. The highest BCUT2D eigenvalue weighted by atomic mass is 32.2. The van der Waals surface area contributed by atoms with E-state index in [0.29, 0.717) is 32.8 Å². The van der Waals surface area contributed by atoms with Gasteiger partial charge in [0.05, 0.1) is 18.9 Å². The summed E-state index contributed by atoms with van der Waals surface area (Å²) in [6.07, 6.45) is -0.0110. The van der Waals surface area contributed by atoms with Gasteiger partial charge in [-0.2, -0.15) is 11.8 Å². The van der Waals surface area contributed by atoms with Gasteiger partial charge in [0, 0.05) is 44.7 Å². The van der Waals surface area contributed by atoms with Gasteiger partial charge in [0.15, 0.2) is 5.96 Å². The third-order valence-electron chi connectivity index (χ3n) is 5.12. The Morgan fingerprint density at radius 2 is 2.04 bits per heavy atom. The molecule has 7 nitrogen and oxygen atoms in total. The van der Waals surface area contributed by atoms with Crippen LogP contribution in [0.4, 0.5) is 0 Å². The predicted molar refractivity (Wildman–Crippen MR) is 115 cm³/mol. The maximum Gasteiger partial charge on any atom is 0.215 e. The number of rotatable bonds is 5. The van der Waals surface area contributed by atoms with Crippen molar-refractivity contribution in [2.45, 2.75) is 13.0 Å². The number of thioether (sulfide) groups is 1. The molecule has 1 unspecified atom stereocenters. The number of nitrogens with one attached hydrogen (secondary N) is 1. The van der Waals surface area contributed by atoms with Crippen molar-refractivity contribution in [3.8, 4) is 0 Å². The zero-order valence-electron chi connectivity index (χ0n) is 16.6. The molecule has 0 saturated carbocycles. The first-order chi connectivity index (χ1) is 13.5. The van der Waals surface area contributed by atoms with E-state index in [1.807, 2.05) is 12.1 Å².